The van der Waals surface area contributed by atoms with E-state index in [0.717, 1.165) is 29.9 Å². The van der Waals surface area contributed by atoms with Gasteiger partial charge in [-0.25, -0.2) is 4.68 Å². The Hall–Kier alpha value is -0.613. The van der Waals surface area contributed by atoms with E-state index in [1.807, 2.05) is 25.5 Å². The number of aryl methyl sites for hydroxylation is 1. The van der Waals surface area contributed by atoms with E-state index in [1.165, 1.54) is 25.7 Å². The minimum Gasteiger partial charge on any atom is -0.374 e. The maximum Gasteiger partial charge on any atom is 0.500 e. The van der Waals surface area contributed by atoms with Crippen LogP contribution < -0.4 is 5.73 Å². The van der Waals surface area contributed by atoms with E-state index < -0.39 is 8.80 Å². The van der Waals surface area contributed by atoms with E-state index in [9.17, 15) is 0 Å². The lowest BCUT2D eigenvalue weighted by Gasteiger charge is -2.28. The summed E-state index contributed by atoms with van der Waals surface area (Å²) in [6.45, 7) is 10.7. The zero-order valence-corrected chi connectivity index (χ0v) is 18.6. The van der Waals surface area contributed by atoms with Crippen LogP contribution in [-0.4, -0.2) is 49.1 Å². The molecule has 1 aromatic heterocycles. The molecule has 0 saturated carbocycles. The van der Waals surface area contributed by atoms with Gasteiger partial charge >= 0.3 is 8.80 Å². The molecule has 0 aliphatic carbocycles. The molecule has 7 nitrogen and oxygen atoms in total. The molecular formula is C17H36N4O3SSi. The van der Waals surface area contributed by atoms with Gasteiger partial charge in [0, 0.05) is 38.2 Å². The summed E-state index contributed by atoms with van der Waals surface area (Å²) in [6, 6.07) is 0.767. The van der Waals surface area contributed by atoms with Crippen LogP contribution in [0.2, 0.25) is 6.04 Å². The van der Waals surface area contributed by atoms with Crippen LogP contribution in [0.1, 0.15) is 59.8 Å². The fourth-order valence-corrected chi connectivity index (χ4v) is 6.30. The molecule has 0 aromatic carbocycles. The Labute approximate surface area is 163 Å². The van der Waals surface area contributed by atoms with Crippen molar-refractivity contribution in [1.29, 1.82) is 0 Å². The van der Waals surface area contributed by atoms with E-state index in [0.29, 0.717) is 25.8 Å². The summed E-state index contributed by atoms with van der Waals surface area (Å²) >= 11 is 1.73. The monoisotopic (exact) mass is 404 g/mol. The average Bonchev–Trinajstić information content (AvgIpc) is 2.95. The summed E-state index contributed by atoms with van der Waals surface area (Å²) in [5, 5.41) is 5.24. The molecule has 0 spiro atoms. The summed E-state index contributed by atoms with van der Waals surface area (Å²) in [6.07, 6.45) is 5.85. The van der Waals surface area contributed by atoms with Gasteiger partial charge in [0.15, 0.2) is 5.16 Å². The topological polar surface area (TPSA) is 84.4 Å². The maximum absolute atomic E-state index is 5.91. The zero-order chi connectivity index (χ0) is 19.3. The van der Waals surface area contributed by atoms with Crippen molar-refractivity contribution in [2.45, 2.75) is 77.5 Å². The molecule has 0 fully saturated rings. The Morgan fingerprint density at radius 1 is 0.962 bits per heavy atom. The van der Waals surface area contributed by atoms with Crippen LogP contribution >= 0.6 is 11.8 Å². The lowest BCUT2D eigenvalue weighted by Crippen LogP contribution is -2.46. The second-order valence-corrected chi connectivity index (χ2v) is 9.76. The minimum atomic E-state index is -2.60. The smallest absolute Gasteiger partial charge is 0.374 e. The van der Waals surface area contributed by atoms with Gasteiger partial charge in [0.2, 0.25) is 5.95 Å². The van der Waals surface area contributed by atoms with Crippen LogP contribution in [0.25, 0.3) is 0 Å². The summed E-state index contributed by atoms with van der Waals surface area (Å²) in [4.78, 5) is 4.36. The molecule has 0 radical (unpaired) electrons. The highest BCUT2D eigenvalue weighted by Crippen LogP contribution is 2.22. The van der Waals surface area contributed by atoms with Gasteiger partial charge in [0.1, 0.15) is 0 Å². The first-order valence-electron chi connectivity index (χ1n) is 9.85. The molecule has 2 N–H and O–H groups in total. The van der Waals surface area contributed by atoms with Crippen molar-refractivity contribution in [2.24, 2.45) is 0 Å². The van der Waals surface area contributed by atoms with E-state index in [4.69, 9.17) is 19.0 Å². The Morgan fingerprint density at radius 2 is 1.62 bits per heavy atom. The summed E-state index contributed by atoms with van der Waals surface area (Å²) < 4.78 is 19.6. The molecule has 152 valence electrons. The molecule has 0 aliphatic heterocycles. The van der Waals surface area contributed by atoms with Crippen molar-refractivity contribution in [2.75, 3.05) is 31.3 Å². The first-order chi connectivity index (χ1) is 12.6. The SMILES string of the molecule is CCCCCCSc1nc(N)nn1CCC[Si](OCC)(OCC)OCC. The number of unbranched alkanes of at least 4 members (excludes halogenated alkanes) is 3. The van der Waals surface area contributed by atoms with Crippen molar-refractivity contribution < 1.29 is 13.3 Å². The highest BCUT2D eigenvalue weighted by atomic mass is 32.2. The number of thioether (sulfide) groups is 1. The number of anilines is 1. The van der Waals surface area contributed by atoms with E-state index in [-0.39, 0.29) is 0 Å². The minimum absolute atomic E-state index is 0.337. The van der Waals surface area contributed by atoms with Gasteiger partial charge in [0.25, 0.3) is 0 Å². The van der Waals surface area contributed by atoms with Crippen LogP contribution in [0.15, 0.2) is 5.16 Å². The van der Waals surface area contributed by atoms with E-state index in [1.54, 1.807) is 11.8 Å². The first kappa shape index (κ1) is 23.4. The molecule has 0 bridgehead atoms. The van der Waals surface area contributed by atoms with Crippen molar-refractivity contribution in [3.05, 3.63) is 0 Å². The molecule has 0 amide bonds. The van der Waals surface area contributed by atoms with E-state index in [2.05, 4.69) is 17.0 Å². The lowest BCUT2D eigenvalue weighted by molar-refractivity contribution is 0.0704. The molecule has 9 heteroatoms. The van der Waals surface area contributed by atoms with Gasteiger partial charge < -0.3 is 19.0 Å². The second-order valence-electron chi connectivity index (χ2n) is 5.97. The van der Waals surface area contributed by atoms with Crippen molar-refractivity contribution in [3.8, 4) is 0 Å². The number of nitrogens with two attached hydrogens (primary N) is 1. The normalized spacial score (nSPS) is 12.0. The molecular weight excluding hydrogens is 368 g/mol. The molecule has 0 aliphatic rings. The van der Waals surface area contributed by atoms with Gasteiger partial charge in [-0.15, -0.1) is 5.10 Å². The summed E-state index contributed by atoms with van der Waals surface area (Å²) in [5.41, 5.74) is 5.81. The predicted molar refractivity (Wildman–Crippen MR) is 109 cm³/mol. The zero-order valence-electron chi connectivity index (χ0n) is 16.8. The molecule has 1 heterocycles. The number of hydrogen-bond donors (Lipinski definition) is 1. The third kappa shape index (κ3) is 8.39. The van der Waals surface area contributed by atoms with Crippen molar-refractivity contribution >= 4 is 26.5 Å². The standard InChI is InChI=1S/C17H36N4O3SSi/c1-5-9-10-11-14-25-17-19-16(18)20-21(17)13-12-15-26(22-6-2,23-7-3)24-8-4/h5-15H2,1-4H3,(H2,18,20). The number of hydrogen-bond acceptors (Lipinski definition) is 7. The molecule has 0 atom stereocenters. The van der Waals surface area contributed by atoms with E-state index >= 15 is 0 Å². The highest BCUT2D eigenvalue weighted by molar-refractivity contribution is 7.99. The van der Waals surface area contributed by atoms with Crippen LogP contribution in [0, 0.1) is 0 Å². The number of aromatic nitrogens is 3. The fraction of sp³-hybridized carbons (Fsp3) is 0.882. The summed E-state index contributed by atoms with van der Waals surface area (Å²) in [7, 11) is -2.60. The molecule has 1 aromatic rings. The van der Waals surface area contributed by atoms with Gasteiger partial charge in [-0.2, -0.15) is 4.98 Å². The largest absolute Gasteiger partial charge is 0.500 e. The maximum atomic E-state index is 5.91. The Kier molecular flexibility index (Phi) is 12.2. The Balaban J connectivity index is 2.56. The Morgan fingerprint density at radius 3 is 2.19 bits per heavy atom. The van der Waals surface area contributed by atoms with Crippen molar-refractivity contribution in [1.82, 2.24) is 14.8 Å². The van der Waals surface area contributed by atoms with Gasteiger partial charge in [0.05, 0.1) is 0 Å². The van der Waals surface area contributed by atoms with Gasteiger partial charge in [-0.3, -0.25) is 0 Å². The number of nitrogens with zero attached hydrogens (tertiary/aromatic N) is 3. The quantitative estimate of drug-likeness (QED) is 0.253. The fourth-order valence-electron chi connectivity index (χ4n) is 2.74. The summed E-state index contributed by atoms with van der Waals surface area (Å²) in [5.74, 6) is 1.39. The second kappa shape index (κ2) is 13.5. The highest BCUT2D eigenvalue weighted by Gasteiger charge is 2.39. The van der Waals surface area contributed by atoms with Crippen LogP contribution in [0.5, 0.6) is 0 Å². The van der Waals surface area contributed by atoms with Gasteiger partial charge in [-0.05, 0) is 33.6 Å². The molecule has 0 unspecified atom stereocenters. The van der Waals surface area contributed by atoms with Gasteiger partial charge in [-0.1, -0.05) is 37.9 Å². The van der Waals surface area contributed by atoms with Crippen molar-refractivity contribution in [3.63, 3.8) is 0 Å². The molecule has 1 rings (SSSR count). The van der Waals surface area contributed by atoms with Crippen LogP contribution in [-0.2, 0) is 19.8 Å². The Bertz CT molecular complexity index is 474. The van der Waals surface area contributed by atoms with Crippen LogP contribution in [0.4, 0.5) is 5.95 Å². The number of nitrogen functional groups attached to an aromatic ring is 1. The third-order valence-electron chi connectivity index (χ3n) is 3.83. The van der Waals surface area contributed by atoms with Crippen LogP contribution in [0.3, 0.4) is 0 Å². The molecule has 26 heavy (non-hydrogen) atoms. The number of rotatable bonds is 16. The first-order valence-corrected chi connectivity index (χ1v) is 12.8. The molecule has 0 saturated heterocycles. The average molecular weight is 405 g/mol. The predicted octanol–water partition coefficient (Wildman–Crippen LogP) is 3.97. The third-order valence-corrected chi connectivity index (χ3v) is 8.03. The lowest BCUT2D eigenvalue weighted by atomic mass is 10.2.